The summed E-state index contributed by atoms with van der Waals surface area (Å²) in [6, 6.07) is 18.2. The molecule has 1 aliphatic rings. The highest BCUT2D eigenvalue weighted by Gasteiger charge is 2.23. The van der Waals surface area contributed by atoms with Crippen LogP contribution in [0.4, 0.5) is 11.4 Å². The predicted molar refractivity (Wildman–Crippen MR) is 97.1 cm³/mol. The summed E-state index contributed by atoms with van der Waals surface area (Å²) in [5.74, 6) is 0. The smallest absolute Gasteiger partial charge is 0.0991 e. The van der Waals surface area contributed by atoms with E-state index in [4.69, 9.17) is 10.00 Å². The Hall–Kier alpha value is -2.51. The van der Waals surface area contributed by atoms with Gasteiger partial charge in [0.05, 0.1) is 23.8 Å². The van der Waals surface area contributed by atoms with Crippen molar-refractivity contribution in [2.24, 2.45) is 0 Å². The minimum Gasteiger partial charge on any atom is -0.381 e. The topological polar surface area (TPSA) is 48.3 Å². The van der Waals surface area contributed by atoms with Crippen LogP contribution in [-0.2, 0) is 11.3 Å². The van der Waals surface area contributed by atoms with Crippen molar-refractivity contribution in [2.45, 2.75) is 32.6 Å². The molecule has 2 atom stereocenters. The molecule has 0 spiro atoms. The van der Waals surface area contributed by atoms with Gasteiger partial charge in [0.1, 0.15) is 0 Å². The Morgan fingerprint density at radius 3 is 2.42 bits per heavy atom. The summed E-state index contributed by atoms with van der Waals surface area (Å²) < 4.78 is 5.85. The number of nitriles is 1. The molecule has 1 N–H and O–H groups in total. The molecular formula is C20H23N3O. The van der Waals surface area contributed by atoms with Crippen LogP contribution in [0.25, 0.3) is 0 Å². The van der Waals surface area contributed by atoms with E-state index in [1.54, 1.807) is 0 Å². The minimum atomic E-state index is 0.244. The first-order valence-electron chi connectivity index (χ1n) is 8.38. The van der Waals surface area contributed by atoms with Crippen LogP contribution in [0.3, 0.4) is 0 Å². The van der Waals surface area contributed by atoms with E-state index in [1.165, 1.54) is 11.3 Å². The molecule has 2 aromatic carbocycles. The SMILES string of the molecule is CC1CN(c2ccccc2CNc2ccc(C#N)cc2)CC(C)O1. The van der Waals surface area contributed by atoms with Gasteiger partial charge in [0.25, 0.3) is 0 Å². The maximum absolute atomic E-state index is 8.87. The molecule has 4 nitrogen and oxygen atoms in total. The van der Waals surface area contributed by atoms with E-state index in [1.807, 2.05) is 24.3 Å². The quantitative estimate of drug-likeness (QED) is 0.931. The van der Waals surface area contributed by atoms with Gasteiger partial charge >= 0.3 is 0 Å². The number of hydrogen-bond acceptors (Lipinski definition) is 4. The maximum atomic E-state index is 8.87. The summed E-state index contributed by atoms with van der Waals surface area (Å²) in [6.07, 6.45) is 0.488. The summed E-state index contributed by atoms with van der Waals surface area (Å²) >= 11 is 0. The van der Waals surface area contributed by atoms with Crippen molar-refractivity contribution in [1.82, 2.24) is 0 Å². The summed E-state index contributed by atoms with van der Waals surface area (Å²) in [7, 11) is 0. The van der Waals surface area contributed by atoms with Gasteiger partial charge in [-0.25, -0.2) is 0 Å². The Labute approximate surface area is 143 Å². The van der Waals surface area contributed by atoms with Gasteiger partial charge < -0.3 is 15.0 Å². The monoisotopic (exact) mass is 321 g/mol. The van der Waals surface area contributed by atoms with Crippen molar-refractivity contribution < 1.29 is 4.74 Å². The summed E-state index contributed by atoms with van der Waals surface area (Å²) in [4.78, 5) is 2.41. The first kappa shape index (κ1) is 16.4. The highest BCUT2D eigenvalue weighted by Crippen LogP contribution is 2.25. The number of nitrogens with one attached hydrogen (secondary N) is 1. The normalized spacial score (nSPS) is 20.5. The van der Waals surface area contributed by atoms with E-state index in [-0.39, 0.29) is 12.2 Å². The zero-order valence-electron chi connectivity index (χ0n) is 14.2. The molecule has 1 aliphatic heterocycles. The molecule has 1 fully saturated rings. The molecule has 0 aliphatic carbocycles. The van der Waals surface area contributed by atoms with E-state index < -0.39 is 0 Å². The van der Waals surface area contributed by atoms with Gasteiger partial charge in [0, 0.05) is 31.0 Å². The molecule has 1 saturated heterocycles. The number of para-hydroxylation sites is 1. The molecule has 3 rings (SSSR count). The van der Waals surface area contributed by atoms with Gasteiger partial charge in [-0.05, 0) is 49.7 Å². The van der Waals surface area contributed by atoms with Crippen LogP contribution >= 0.6 is 0 Å². The molecule has 24 heavy (non-hydrogen) atoms. The third kappa shape index (κ3) is 3.87. The van der Waals surface area contributed by atoms with Crippen LogP contribution in [-0.4, -0.2) is 25.3 Å². The fourth-order valence-electron chi connectivity index (χ4n) is 3.20. The molecule has 0 amide bonds. The Morgan fingerprint density at radius 1 is 1.08 bits per heavy atom. The van der Waals surface area contributed by atoms with Crippen LogP contribution in [0.1, 0.15) is 25.0 Å². The lowest BCUT2D eigenvalue weighted by Crippen LogP contribution is -2.45. The number of nitrogens with zero attached hydrogens (tertiary/aromatic N) is 2. The van der Waals surface area contributed by atoms with Gasteiger partial charge in [-0.3, -0.25) is 0 Å². The second-order valence-electron chi connectivity index (χ2n) is 6.33. The van der Waals surface area contributed by atoms with E-state index in [0.29, 0.717) is 5.56 Å². The summed E-state index contributed by atoms with van der Waals surface area (Å²) in [6.45, 7) is 6.83. The van der Waals surface area contributed by atoms with Crippen LogP contribution in [0, 0.1) is 11.3 Å². The lowest BCUT2D eigenvalue weighted by atomic mass is 10.1. The first-order chi connectivity index (χ1) is 11.7. The van der Waals surface area contributed by atoms with Gasteiger partial charge in [-0.15, -0.1) is 0 Å². The molecular weight excluding hydrogens is 298 g/mol. The lowest BCUT2D eigenvalue weighted by Gasteiger charge is -2.37. The fraction of sp³-hybridized carbons (Fsp3) is 0.350. The number of rotatable bonds is 4. The fourth-order valence-corrected chi connectivity index (χ4v) is 3.20. The Morgan fingerprint density at radius 2 is 1.75 bits per heavy atom. The lowest BCUT2D eigenvalue weighted by molar-refractivity contribution is -0.00525. The van der Waals surface area contributed by atoms with Gasteiger partial charge in [-0.2, -0.15) is 5.26 Å². The third-order valence-electron chi connectivity index (χ3n) is 4.25. The average molecular weight is 321 g/mol. The van der Waals surface area contributed by atoms with Gasteiger partial charge in [0.2, 0.25) is 0 Å². The van der Waals surface area contributed by atoms with Crippen molar-refractivity contribution in [1.29, 1.82) is 5.26 Å². The van der Waals surface area contributed by atoms with Gasteiger partial charge in [-0.1, -0.05) is 18.2 Å². The van der Waals surface area contributed by atoms with E-state index in [2.05, 4.69) is 54.4 Å². The van der Waals surface area contributed by atoms with Crippen molar-refractivity contribution in [3.05, 3.63) is 59.7 Å². The van der Waals surface area contributed by atoms with Crippen LogP contribution < -0.4 is 10.2 Å². The number of benzene rings is 2. The van der Waals surface area contributed by atoms with Crippen molar-refractivity contribution in [3.63, 3.8) is 0 Å². The van der Waals surface area contributed by atoms with Crippen LogP contribution in [0.15, 0.2) is 48.5 Å². The van der Waals surface area contributed by atoms with Crippen LogP contribution in [0.2, 0.25) is 0 Å². The minimum absolute atomic E-state index is 0.244. The molecule has 0 aromatic heterocycles. The number of hydrogen-bond donors (Lipinski definition) is 1. The average Bonchev–Trinajstić information content (AvgIpc) is 2.60. The molecule has 0 radical (unpaired) electrons. The van der Waals surface area contributed by atoms with E-state index >= 15 is 0 Å². The number of anilines is 2. The van der Waals surface area contributed by atoms with E-state index in [9.17, 15) is 0 Å². The molecule has 2 aromatic rings. The third-order valence-corrected chi connectivity index (χ3v) is 4.25. The van der Waals surface area contributed by atoms with Crippen molar-refractivity contribution >= 4 is 11.4 Å². The molecule has 4 heteroatoms. The first-order valence-corrected chi connectivity index (χ1v) is 8.38. The van der Waals surface area contributed by atoms with E-state index in [0.717, 1.165) is 25.3 Å². The molecule has 0 saturated carbocycles. The second-order valence-corrected chi connectivity index (χ2v) is 6.33. The second kappa shape index (κ2) is 7.37. The highest BCUT2D eigenvalue weighted by atomic mass is 16.5. The van der Waals surface area contributed by atoms with Crippen molar-refractivity contribution in [3.8, 4) is 6.07 Å². The molecule has 0 bridgehead atoms. The predicted octanol–water partition coefficient (Wildman–Crippen LogP) is 3.78. The maximum Gasteiger partial charge on any atom is 0.0991 e. The Balaban J connectivity index is 1.73. The zero-order chi connectivity index (χ0) is 16.9. The standard InChI is InChI=1S/C20H23N3O/c1-15-13-23(14-16(2)24-15)20-6-4-3-5-18(20)12-22-19-9-7-17(11-21)8-10-19/h3-10,15-16,22H,12-14H2,1-2H3. The van der Waals surface area contributed by atoms with Gasteiger partial charge in [0.15, 0.2) is 0 Å². The molecule has 2 unspecified atom stereocenters. The van der Waals surface area contributed by atoms with Crippen molar-refractivity contribution in [2.75, 3.05) is 23.3 Å². The highest BCUT2D eigenvalue weighted by molar-refractivity contribution is 5.56. The number of morpholine rings is 1. The Bertz CT molecular complexity index is 710. The molecule has 124 valence electrons. The largest absolute Gasteiger partial charge is 0.381 e. The summed E-state index contributed by atoms with van der Waals surface area (Å²) in [5, 5.41) is 12.3. The Kier molecular flexibility index (Phi) is 5.02. The zero-order valence-corrected chi connectivity index (χ0v) is 14.2. The number of ether oxygens (including phenoxy) is 1. The summed E-state index contributed by atoms with van der Waals surface area (Å²) in [5.41, 5.74) is 4.23. The van der Waals surface area contributed by atoms with Crippen LogP contribution in [0.5, 0.6) is 0 Å². The molecule has 1 heterocycles.